The molecule has 13 heavy (non-hydrogen) atoms. The van der Waals surface area contributed by atoms with E-state index in [0.717, 1.165) is 5.56 Å². The van der Waals surface area contributed by atoms with Crippen molar-refractivity contribution in [1.82, 2.24) is 0 Å². The first kappa shape index (κ1) is 9.95. The number of hydrogen-bond acceptors (Lipinski definition) is 3. The second-order valence-corrected chi connectivity index (χ2v) is 4.48. The summed E-state index contributed by atoms with van der Waals surface area (Å²) in [6, 6.07) is 6.16. The maximum Gasteiger partial charge on any atom is 0.202 e. The van der Waals surface area contributed by atoms with E-state index in [1.54, 1.807) is 18.2 Å². The highest BCUT2D eigenvalue weighted by molar-refractivity contribution is 7.91. The Balaban J connectivity index is 3.13. The van der Waals surface area contributed by atoms with Gasteiger partial charge in [0.1, 0.15) is 5.94 Å². The van der Waals surface area contributed by atoms with Crippen LogP contribution in [0.3, 0.4) is 0 Å². The zero-order valence-corrected chi connectivity index (χ0v) is 7.79. The summed E-state index contributed by atoms with van der Waals surface area (Å²) < 4.78 is 22.2. The third-order valence-corrected chi connectivity index (χ3v) is 2.98. The molecule has 1 rings (SSSR count). The van der Waals surface area contributed by atoms with Crippen molar-refractivity contribution in [1.29, 1.82) is 0 Å². The SMILES string of the molecule is C=Cc1ccc(S(=O)(=O)CO)cc1. The van der Waals surface area contributed by atoms with Gasteiger partial charge in [0.25, 0.3) is 0 Å². The van der Waals surface area contributed by atoms with Crippen molar-refractivity contribution in [3.63, 3.8) is 0 Å². The van der Waals surface area contributed by atoms with Crippen molar-refractivity contribution < 1.29 is 13.5 Å². The Morgan fingerprint density at radius 2 is 1.85 bits per heavy atom. The van der Waals surface area contributed by atoms with Crippen molar-refractivity contribution in [2.75, 3.05) is 5.94 Å². The van der Waals surface area contributed by atoms with Crippen LogP contribution < -0.4 is 0 Å². The molecule has 0 saturated heterocycles. The van der Waals surface area contributed by atoms with Gasteiger partial charge in [0.2, 0.25) is 9.84 Å². The molecular formula is C9H10O3S. The zero-order chi connectivity index (χ0) is 9.90. The fourth-order valence-corrected chi connectivity index (χ4v) is 1.59. The minimum Gasteiger partial charge on any atom is -0.380 e. The molecular weight excluding hydrogens is 188 g/mol. The molecule has 0 amide bonds. The fourth-order valence-electron chi connectivity index (χ4n) is 0.886. The molecule has 4 heteroatoms. The Labute approximate surface area is 77.3 Å². The summed E-state index contributed by atoms with van der Waals surface area (Å²) in [5.74, 6) is -0.861. The minimum atomic E-state index is -3.50. The van der Waals surface area contributed by atoms with E-state index in [1.807, 2.05) is 0 Å². The van der Waals surface area contributed by atoms with Gasteiger partial charge < -0.3 is 5.11 Å². The maximum absolute atomic E-state index is 11.1. The van der Waals surface area contributed by atoms with E-state index in [4.69, 9.17) is 5.11 Å². The van der Waals surface area contributed by atoms with Crippen molar-refractivity contribution in [2.24, 2.45) is 0 Å². The molecule has 1 aromatic rings. The van der Waals surface area contributed by atoms with E-state index >= 15 is 0 Å². The zero-order valence-electron chi connectivity index (χ0n) is 6.97. The van der Waals surface area contributed by atoms with E-state index in [0.29, 0.717) is 0 Å². The van der Waals surface area contributed by atoms with Crippen LogP contribution in [0.25, 0.3) is 6.08 Å². The topological polar surface area (TPSA) is 54.4 Å². The van der Waals surface area contributed by atoms with Gasteiger partial charge in [-0.05, 0) is 17.7 Å². The van der Waals surface area contributed by atoms with E-state index in [2.05, 4.69) is 6.58 Å². The highest BCUT2D eigenvalue weighted by Gasteiger charge is 2.11. The van der Waals surface area contributed by atoms with Gasteiger partial charge in [-0.25, -0.2) is 8.42 Å². The molecule has 0 aliphatic rings. The average Bonchev–Trinajstić information content (AvgIpc) is 2.18. The normalized spacial score (nSPS) is 11.2. The summed E-state index contributed by atoms with van der Waals surface area (Å²) in [5.41, 5.74) is 0.844. The highest BCUT2D eigenvalue weighted by atomic mass is 32.2. The number of aliphatic hydroxyl groups excluding tert-OH is 1. The summed E-state index contributed by atoms with van der Waals surface area (Å²) >= 11 is 0. The predicted molar refractivity (Wildman–Crippen MR) is 50.8 cm³/mol. The van der Waals surface area contributed by atoms with Crippen LogP contribution in [0, 0.1) is 0 Å². The second-order valence-electron chi connectivity index (χ2n) is 2.52. The monoisotopic (exact) mass is 198 g/mol. The highest BCUT2D eigenvalue weighted by Crippen LogP contribution is 2.11. The first-order chi connectivity index (χ1) is 6.10. The molecule has 0 saturated carbocycles. The predicted octanol–water partition coefficient (Wildman–Crippen LogP) is 1.05. The number of aliphatic hydroxyl groups is 1. The van der Waals surface area contributed by atoms with Crippen LogP contribution in [0.15, 0.2) is 35.7 Å². The van der Waals surface area contributed by atoms with Crippen LogP contribution in [-0.4, -0.2) is 19.5 Å². The molecule has 0 unspecified atom stereocenters. The Morgan fingerprint density at radius 3 is 2.23 bits per heavy atom. The van der Waals surface area contributed by atoms with E-state index in [-0.39, 0.29) is 4.90 Å². The molecule has 0 bridgehead atoms. The quantitative estimate of drug-likeness (QED) is 0.790. The molecule has 1 N–H and O–H groups in total. The molecule has 1 aromatic carbocycles. The van der Waals surface area contributed by atoms with Gasteiger partial charge >= 0.3 is 0 Å². The average molecular weight is 198 g/mol. The van der Waals surface area contributed by atoms with Crippen LogP contribution in [0.5, 0.6) is 0 Å². The van der Waals surface area contributed by atoms with Crippen LogP contribution in [0.4, 0.5) is 0 Å². The fraction of sp³-hybridized carbons (Fsp3) is 0.111. The van der Waals surface area contributed by atoms with Gasteiger partial charge in [-0.15, -0.1) is 0 Å². The molecule has 0 atom stereocenters. The van der Waals surface area contributed by atoms with E-state index < -0.39 is 15.8 Å². The van der Waals surface area contributed by atoms with Crippen LogP contribution in [-0.2, 0) is 9.84 Å². The van der Waals surface area contributed by atoms with Crippen molar-refractivity contribution in [3.8, 4) is 0 Å². The summed E-state index contributed by atoms with van der Waals surface area (Å²) in [7, 11) is -3.50. The third kappa shape index (κ3) is 2.17. The number of hydrogen-bond donors (Lipinski definition) is 1. The summed E-state index contributed by atoms with van der Waals surface area (Å²) in [5, 5.41) is 8.57. The maximum atomic E-state index is 11.1. The molecule has 0 aromatic heterocycles. The Morgan fingerprint density at radius 1 is 1.31 bits per heavy atom. The smallest absolute Gasteiger partial charge is 0.202 e. The molecule has 0 heterocycles. The second kappa shape index (κ2) is 3.72. The van der Waals surface area contributed by atoms with Crippen molar-refractivity contribution in [3.05, 3.63) is 36.4 Å². The summed E-state index contributed by atoms with van der Waals surface area (Å²) in [6.07, 6.45) is 1.62. The lowest BCUT2D eigenvalue weighted by Crippen LogP contribution is -2.05. The van der Waals surface area contributed by atoms with Gasteiger partial charge in [-0.3, -0.25) is 0 Å². The lowest BCUT2D eigenvalue weighted by molar-refractivity contribution is 0.358. The number of benzene rings is 1. The minimum absolute atomic E-state index is 0.126. The Kier molecular flexibility index (Phi) is 2.85. The van der Waals surface area contributed by atoms with E-state index in [1.165, 1.54) is 12.1 Å². The standard InChI is InChI=1S/C9H10O3S/c1-2-8-3-5-9(6-4-8)13(11,12)7-10/h2-6,10H,1,7H2. The lowest BCUT2D eigenvalue weighted by atomic mass is 10.2. The lowest BCUT2D eigenvalue weighted by Gasteiger charge is -2.00. The largest absolute Gasteiger partial charge is 0.380 e. The van der Waals surface area contributed by atoms with Gasteiger partial charge in [0, 0.05) is 0 Å². The first-order valence-corrected chi connectivity index (χ1v) is 5.31. The Hall–Kier alpha value is -1.13. The van der Waals surface area contributed by atoms with E-state index in [9.17, 15) is 8.42 Å². The third-order valence-electron chi connectivity index (χ3n) is 1.64. The van der Waals surface area contributed by atoms with Gasteiger partial charge in [-0.2, -0.15) is 0 Å². The summed E-state index contributed by atoms with van der Waals surface area (Å²) in [4.78, 5) is 0.126. The summed E-state index contributed by atoms with van der Waals surface area (Å²) in [6.45, 7) is 3.54. The van der Waals surface area contributed by atoms with Crippen LogP contribution >= 0.6 is 0 Å². The van der Waals surface area contributed by atoms with Gasteiger partial charge in [-0.1, -0.05) is 24.8 Å². The Bertz CT molecular complexity index is 389. The molecule has 0 spiro atoms. The van der Waals surface area contributed by atoms with Crippen LogP contribution in [0.1, 0.15) is 5.56 Å². The van der Waals surface area contributed by atoms with Crippen molar-refractivity contribution >= 4 is 15.9 Å². The molecule has 3 nitrogen and oxygen atoms in total. The van der Waals surface area contributed by atoms with Crippen molar-refractivity contribution in [2.45, 2.75) is 4.90 Å². The molecule has 70 valence electrons. The molecule has 0 fully saturated rings. The molecule has 0 radical (unpaired) electrons. The molecule has 0 aliphatic carbocycles. The number of rotatable bonds is 3. The molecule has 0 aliphatic heterocycles. The number of sulfone groups is 1. The van der Waals surface area contributed by atoms with Gasteiger partial charge in [0.05, 0.1) is 4.90 Å². The first-order valence-electron chi connectivity index (χ1n) is 3.66. The van der Waals surface area contributed by atoms with Gasteiger partial charge in [0.15, 0.2) is 0 Å². The van der Waals surface area contributed by atoms with Crippen LogP contribution in [0.2, 0.25) is 0 Å².